The summed E-state index contributed by atoms with van der Waals surface area (Å²) in [7, 11) is 1.46. The van der Waals surface area contributed by atoms with Crippen molar-refractivity contribution in [2.24, 2.45) is 0 Å². The maximum absolute atomic E-state index is 10.2. The molecule has 0 unspecified atom stereocenters. The van der Waals surface area contributed by atoms with Crippen LogP contribution in [0.5, 0.6) is 0 Å². The lowest BCUT2D eigenvalue weighted by atomic mass is 10.2. The molecular weight excluding hydrogens is 162 g/mol. The molecule has 5 nitrogen and oxygen atoms in total. The number of nitrogens with zero attached hydrogens (tertiary/aromatic N) is 1. The number of unbranched alkanes of at least 4 members (excludes halogenated alkanes) is 1. The van der Waals surface area contributed by atoms with E-state index in [0.29, 0.717) is 19.4 Å². The van der Waals surface area contributed by atoms with E-state index in [-0.39, 0.29) is 6.42 Å². The summed E-state index contributed by atoms with van der Waals surface area (Å²) in [5.41, 5.74) is 0. The summed E-state index contributed by atoms with van der Waals surface area (Å²) in [5, 5.41) is 16.7. The molecule has 0 saturated carbocycles. The number of carboxylic acid groups (broad SMARTS) is 2. The Morgan fingerprint density at radius 1 is 1.25 bits per heavy atom. The highest BCUT2D eigenvalue weighted by atomic mass is 16.4. The first kappa shape index (κ1) is 10.7. The van der Waals surface area contributed by atoms with Crippen molar-refractivity contribution < 1.29 is 19.8 Å². The Labute approximate surface area is 70.6 Å². The van der Waals surface area contributed by atoms with Crippen molar-refractivity contribution in [3.63, 3.8) is 0 Å². The van der Waals surface area contributed by atoms with Gasteiger partial charge in [-0.25, -0.2) is 4.79 Å². The smallest absolute Gasteiger partial charge is 0.407 e. The average Bonchev–Trinajstić information content (AvgIpc) is 1.97. The van der Waals surface area contributed by atoms with Crippen LogP contribution < -0.4 is 0 Å². The first-order valence-electron chi connectivity index (χ1n) is 3.70. The molecule has 0 rings (SSSR count). The molecule has 2 N–H and O–H groups in total. The Bertz CT molecular complexity index is 169. The Kier molecular flexibility index (Phi) is 4.83. The van der Waals surface area contributed by atoms with Gasteiger partial charge in [0.2, 0.25) is 0 Å². The zero-order valence-electron chi connectivity index (χ0n) is 6.99. The Morgan fingerprint density at radius 3 is 2.25 bits per heavy atom. The average molecular weight is 175 g/mol. The topological polar surface area (TPSA) is 77.8 Å². The van der Waals surface area contributed by atoms with Gasteiger partial charge >= 0.3 is 12.1 Å². The van der Waals surface area contributed by atoms with Gasteiger partial charge in [0.05, 0.1) is 0 Å². The van der Waals surface area contributed by atoms with E-state index in [9.17, 15) is 9.59 Å². The zero-order valence-corrected chi connectivity index (χ0v) is 6.99. The molecule has 0 aliphatic rings. The fourth-order valence-corrected chi connectivity index (χ4v) is 0.721. The highest BCUT2D eigenvalue weighted by Crippen LogP contribution is 1.97. The van der Waals surface area contributed by atoms with Gasteiger partial charge in [0.1, 0.15) is 0 Å². The van der Waals surface area contributed by atoms with Gasteiger partial charge in [-0.05, 0) is 12.8 Å². The fourth-order valence-electron chi connectivity index (χ4n) is 0.721. The van der Waals surface area contributed by atoms with Crippen LogP contribution in [0.2, 0.25) is 0 Å². The largest absolute Gasteiger partial charge is 0.481 e. The first-order valence-corrected chi connectivity index (χ1v) is 3.70. The molecule has 1 amide bonds. The molecule has 0 heterocycles. The lowest BCUT2D eigenvalue weighted by molar-refractivity contribution is -0.137. The minimum Gasteiger partial charge on any atom is -0.481 e. The molecule has 0 aromatic heterocycles. The molecule has 0 atom stereocenters. The van der Waals surface area contributed by atoms with E-state index in [1.807, 2.05) is 0 Å². The van der Waals surface area contributed by atoms with E-state index in [1.165, 1.54) is 7.05 Å². The van der Waals surface area contributed by atoms with E-state index in [2.05, 4.69) is 0 Å². The summed E-state index contributed by atoms with van der Waals surface area (Å²) in [6.45, 7) is 0.391. The fraction of sp³-hybridized carbons (Fsp3) is 0.714. The van der Waals surface area contributed by atoms with Crippen LogP contribution in [0.3, 0.4) is 0 Å². The van der Waals surface area contributed by atoms with Gasteiger partial charge in [-0.1, -0.05) is 0 Å². The molecule has 0 aromatic rings. The molecule has 0 fully saturated rings. The van der Waals surface area contributed by atoms with Crippen LogP contribution in [0.15, 0.2) is 0 Å². The minimum absolute atomic E-state index is 0.105. The highest BCUT2D eigenvalue weighted by molar-refractivity contribution is 5.66. The van der Waals surface area contributed by atoms with Crippen molar-refractivity contribution in [3.05, 3.63) is 0 Å². The molecule has 0 radical (unpaired) electrons. The third kappa shape index (κ3) is 5.52. The zero-order chi connectivity index (χ0) is 9.56. The van der Waals surface area contributed by atoms with E-state index in [4.69, 9.17) is 10.2 Å². The predicted octanol–water partition coefficient (Wildman–Crippen LogP) is 0.851. The lowest BCUT2D eigenvalue weighted by Gasteiger charge is -2.11. The molecule has 5 heteroatoms. The quantitative estimate of drug-likeness (QED) is 0.607. The molecule has 0 aliphatic carbocycles. The summed E-state index contributed by atoms with van der Waals surface area (Å²) < 4.78 is 0. The van der Waals surface area contributed by atoms with Gasteiger partial charge in [0, 0.05) is 20.0 Å². The molecule has 0 aliphatic heterocycles. The second-order valence-corrected chi connectivity index (χ2v) is 2.55. The number of carbonyl (C=O) groups is 2. The molecule has 0 saturated heterocycles. The maximum Gasteiger partial charge on any atom is 0.407 e. The van der Waals surface area contributed by atoms with Gasteiger partial charge < -0.3 is 15.1 Å². The van der Waals surface area contributed by atoms with Crippen LogP contribution in [-0.2, 0) is 4.79 Å². The van der Waals surface area contributed by atoms with Crippen molar-refractivity contribution in [2.45, 2.75) is 19.3 Å². The minimum atomic E-state index is -0.981. The van der Waals surface area contributed by atoms with Crippen molar-refractivity contribution in [3.8, 4) is 0 Å². The number of hydrogen-bond donors (Lipinski definition) is 2. The van der Waals surface area contributed by atoms with Crippen LogP contribution >= 0.6 is 0 Å². The Morgan fingerprint density at radius 2 is 1.83 bits per heavy atom. The van der Waals surface area contributed by atoms with E-state index in [1.54, 1.807) is 0 Å². The molecule has 0 aromatic carbocycles. The van der Waals surface area contributed by atoms with Gasteiger partial charge in [-0.3, -0.25) is 4.79 Å². The van der Waals surface area contributed by atoms with Crippen molar-refractivity contribution in [1.82, 2.24) is 4.90 Å². The normalized spacial score (nSPS) is 9.42. The van der Waals surface area contributed by atoms with E-state index >= 15 is 0 Å². The monoisotopic (exact) mass is 175 g/mol. The van der Waals surface area contributed by atoms with Crippen LogP contribution in [0.1, 0.15) is 19.3 Å². The molecule has 70 valence electrons. The predicted molar refractivity (Wildman–Crippen MR) is 42.1 cm³/mol. The number of rotatable bonds is 5. The van der Waals surface area contributed by atoms with Crippen molar-refractivity contribution in [1.29, 1.82) is 0 Å². The van der Waals surface area contributed by atoms with Gasteiger partial charge in [-0.2, -0.15) is 0 Å². The summed E-state index contributed by atoms with van der Waals surface area (Å²) in [6, 6.07) is 0. The summed E-state index contributed by atoms with van der Waals surface area (Å²) in [4.78, 5) is 21.4. The van der Waals surface area contributed by atoms with Crippen molar-refractivity contribution in [2.75, 3.05) is 13.6 Å². The van der Waals surface area contributed by atoms with E-state index < -0.39 is 12.1 Å². The molecule has 0 spiro atoms. The summed E-state index contributed by atoms with van der Waals surface area (Å²) in [6.07, 6.45) is 0.237. The first-order chi connectivity index (χ1) is 5.54. The second-order valence-electron chi connectivity index (χ2n) is 2.55. The SMILES string of the molecule is CN(CCCCC(=O)O)C(=O)O. The third-order valence-corrected chi connectivity index (χ3v) is 1.46. The van der Waals surface area contributed by atoms with Crippen LogP contribution in [0.4, 0.5) is 4.79 Å². The third-order valence-electron chi connectivity index (χ3n) is 1.46. The van der Waals surface area contributed by atoms with Gasteiger partial charge in [0.25, 0.3) is 0 Å². The van der Waals surface area contributed by atoms with Gasteiger partial charge in [-0.15, -0.1) is 0 Å². The highest BCUT2D eigenvalue weighted by Gasteiger charge is 2.04. The molecule has 12 heavy (non-hydrogen) atoms. The summed E-state index contributed by atoms with van der Waals surface area (Å²) in [5.74, 6) is -0.840. The van der Waals surface area contributed by atoms with Crippen LogP contribution in [0, 0.1) is 0 Å². The number of hydrogen-bond acceptors (Lipinski definition) is 2. The van der Waals surface area contributed by atoms with Crippen LogP contribution in [0.25, 0.3) is 0 Å². The lowest BCUT2D eigenvalue weighted by Crippen LogP contribution is -2.25. The standard InChI is InChI=1S/C7H13NO4/c1-8(7(11)12)5-3-2-4-6(9)10/h2-5H2,1H3,(H,9,10)(H,11,12). The Balaban J connectivity index is 3.31. The molecule has 0 bridgehead atoms. The van der Waals surface area contributed by atoms with Gasteiger partial charge in [0.15, 0.2) is 0 Å². The van der Waals surface area contributed by atoms with Crippen molar-refractivity contribution >= 4 is 12.1 Å². The number of carboxylic acids is 1. The van der Waals surface area contributed by atoms with Crippen LogP contribution in [-0.4, -0.2) is 40.8 Å². The number of amides is 1. The number of aliphatic carboxylic acids is 1. The van der Waals surface area contributed by atoms with E-state index in [0.717, 1.165) is 4.90 Å². The Hall–Kier alpha value is -1.26. The maximum atomic E-state index is 10.2. The summed E-state index contributed by atoms with van der Waals surface area (Å²) >= 11 is 0. The molecular formula is C7H13NO4. The second kappa shape index (κ2) is 5.40.